The van der Waals surface area contributed by atoms with Gasteiger partial charge in [0.15, 0.2) is 16.5 Å². The predicted octanol–water partition coefficient (Wildman–Crippen LogP) is 3.91. The maximum absolute atomic E-state index is 12.3. The summed E-state index contributed by atoms with van der Waals surface area (Å²) in [6.45, 7) is 0. The van der Waals surface area contributed by atoms with Crippen LogP contribution in [0, 0.1) is 0 Å². The van der Waals surface area contributed by atoms with E-state index in [1.807, 2.05) is 24.3 Å². The number of anilines is 1. The molecule has 2 heterocycles. The van der Waals surface area contributed by atoms with Crippen LogP contribution in [-0.2, 0) is 0 Å². The molecule has 0 bridgehead atoms. The van der Waals surface area contributed by atoms with E-state index >= 15 is 0 Å². The van der Waals surface area contributed by atoms with Crippen LogP contribution in [0.15, 0.2) is 65.1 Å². The number of thiazole rings is 1. The summed E-state index contributed by atoms with van der Waals surface area (Å²) in [6, 6.07) is 17.4. The highest BCUT2D eigenvalue weighted by Crippen LogP contribution is 2.31. The molecule has 2 aromatic heterocycles. The molecule has 0 atom stereocenters. The molecule has 0 spiro atoms. The second kappa shape index (κ2) is 6.45. The lowest BCUT2D eigenvalue weighted by Crippen LogP contribution is -2.12. The van der Waals surface area contributed by atoms with Gasteiger partial charge in [0.1, 0.15) is 0 Å². The first kappa shape index (κ1) is 16.0. The molecule has 128 valence electrons. The molecule has 2 aromatic carbocycles. The molecule has 4 aromatic rings. The van der Waals surface area contributed by atoms with Crippen LogP contribution >= 0.6 is 11.3 Å². The van der Waals surface area contributed by atoms with Gasteiger partial charge in [-0.3, -0.25) is 9.59 Å². The molecule has 2 amide bonds. The van der Waals surface area contributed by atoms with Gasteiger partial charge in [-0.1, -0.05) is 12.1 Å². The lowest BCUT2D eigenvalue weighted by Gasteiger charge is -2.03. The Labute approximate surface area is 152 Å². The van der Waals surface area contributed by atoms with E-state index < -0.39 is 5.91 Å². The van der Waals surface area contributed by atoms with E-state index in [0.29, 0.717) is 17.0 Å². The Morgan fingerprint density at radius 2 is 1.77 bits per heavy atom. The molecule has 6 nitrogen and oxygen atoms in total. The van der Waals surface area contributed by atoms with Gasteiger partial charge in [0.2, 0.25) is 5.91 Å². The molecular formula is C19H13N3O3S. The van der Waals surface area contributed by atoms with E-state index in [1.54, 1.807) is 36.4 Å². The summed E-state index contributed by atoms with van der Waals surface area (Å²) in [5, 5.41) is 3.43. The summed E-state index contributed by atoms with van der Waals surface area (Å²) >= 11 is 1.50. The fraction of sp³-hybridized carbons (Fsp3) is 0. The van der Waals surface area contributed by atoms with Crippen molar-refractivity contribution in [1.29, 1.82) is 0 Å². The number of furan rings is 1. The zero-order valence-corrected chi connectivity index (χ0v) is 14.2. The number of carbonyl (C=O) groups excluding carboxylic acids is 2. The number of fused-ring (bicyclic) bond motifs is 1. The number of nitrogens with two attached hydrogens (primary N) is 1. The number of amides is 2. The minimum Gasteiger partial charge on any atom is -0.448 e. The summed E-state index contributed by atoms with van der Waals surface area (Å²) in [5.74, 6) is -0.183. The number of aromatic nitrogens is 1. The van der Waals surface area contributed by atoms with Crippen molar-refractivity contribution in [3.8, 4) is 10.8 Å². The average molecular weight is 363 g/mol. The van der Waals surface area contributed by atoms with Gasteiger partial charge in [-0.25, -0.2) is 4.98 Å². The molecule has 26 heavy (non-hydrogen) atoms. The molecule has 0 aliphatic heterocycles. The molecule has 7 heteroatoms. The van der Waals surface area contributed by atoms with Crippen molar-refractivity contribution in [1.82, 2.24) is 4.98 Å². The van der Waals surface area contributed by atoms with Crippen LogP contribution in [-0.4, -0.2) is 16.8 Å². The summed E-state index contributed by atoms with van der Waals surface area (Å²) in [6.07, 6.45) is 0. The third kappa shape index (κ3) is 3.07. The predicted molar refractivity (Wildman–Crippen MR) is 100 cm³/mol. The smallest absolute Gasteiger partial charge is 0.291 e. The Balaban J connectivity index is 1.53. The van der Waals surface area contributed by atoms with Gasteiger partial charge in [-0.15, -0.1) is 11.3 Å². The Morgan fingerprint density at radius 1 is 1.00 bits per heavy atom. The maximum Gasteiger partial charge on any atom is 0.291 e. The Hall–Kier alpha value is -3.45. The number of primary amides is 1. The first-order chi connectivity index (χ1) is 12.6. The molecule has 4 rings (SSSR count). The lowest BCUT2D eigenvalue weighted by atomic mass is 10.2. The number of para-hydroxylation sites is 1. The van der Waals surface area contributed by atoms with Crippen molar-refractivity contribution < 1.29 is 14.0 Å². The second-order valence-electron chi connectivity index (χ2n) is 5.55. The fourth-order valence-electron chi connectivity index (χ4n) is 2.46. The largest absolute Gasteiger partial charge is 0.448 e. The van der Waals surface area contributed by atoms with Crippen LogP contribution in [0.5, 0.6) is 0 Å². The van der Waals surface area contributed by atoms with E-state index in [2.05, 4.69) is 10.3 Å². The Kier molecular flexibility index (Phi) is 3.98. The highest BCUT2D eigenvalue weighted by atomic mass is 32.1. The Bertz CT molecular complexity index is 1080. The Morgan fingerprint density at radius 3 is 2.50 bits per heavy atom. The fourth-order valence-corrected chi connectivity index (χ4v) is 3.39. The molecule has 0 saturated heterocycles. The number of benzene rings is 2. The van der Waals surface area contributed by atoms with Crippen LogP contribution in [0.25, 0.3) is 21.0 Å². The number of rotatable bonds is 4. The van der Waals surface area contributed by atoms with Crippen molar-refractivity contribution >= 4 is 39.1 Å². The van der Waals surface area contributed by atoms with Gasteiger partial charge < -0.3 is 15.5 Å². The van der Waals surface area contributed by atoms with Gasteiger partial charge in [0.25, 0.3) is 5.91 Å². The number of hydrogen-bond acceptors (Lipinski definition) is 5. The number of nitrogens with one attached hydrogen (secondary N) is 1. The molecule has 0 saturated carbocycles. The van der Waals surface area contributed by atoms with E-state index in [4.69, 9.17) is 10.2 Å². The molecule has 0 fully saturated rings. The average Bonchev–Trinajstić information content (AvgIpc) is 3.29. The van der Waals surface area contributed by atoms with E-state index in [1.165, 1.54) is 11.3 Å². The molecule has 0 aliphatic carbocycles. The third-order valence-electron chi connectivity index (χ3n) is 3.76. The van der Waals surface area contributed by atoms with Crippen LogP contribution in [0.4, 0.5) is 5.69 Å². The van der Waals surface area contributed by atoms with Crippen molar-refractivity contribution in [3.05, 3.63) is 72.0 Å². The second-order valence-corrected chi connectivity index (χ2v) is 6.58. The quantitative estimate of drug-likeness (QED) is 0.574. The molecule has 0 unspecified atom stereocenters. The van der Waals surface area contributed by atoms with Crippen LogP contribution < -0.4 is 11.1 Å². The number of nitrogens with zero attached hydrogens (tertiary/aromatic N) is 1. The molecule has 0 aliphatic rings. The highest BCUT2D eigenvalue weighted by molar-refractivity contribution is 7.21. The van der Waals surface area contributed by atoms with Crippen molar-refractivity contribution in [2.75, 3.05) is 5.32 Å². The van der Waals surface area contributed by atoms with Crippen molar-refractivity contribution in [2.45, 2.75) is 0 Å². The summed E-state index contributed by atoms with van der Waals surface area (Å²) < 4.78 is 6.71. The number of hydrogen-bond donors (Lipinski definition) is 2. The van der Waals surface area contributed by atoms with Crippen LogP contribution in [0.2, 0.25) is 0 Å². The van der Waals surface area contributed by atoms with Gasteiger partial charge in [0.05, 0.1) is 10.2 Å². The van der Waals surface area contributed by atoms with E-state index in [9.17, 15) is 9.59 Å². The van der Waals surface area contributed by atoms with Crippen molar-refractivity contribution in [2.24, 2.45) is 5.73 Å². The minimum atomic E-state index is -0.519. The van der Waals surface area contributed by atoms with Gasteiger partial charge >= 0.3 is 0 Å². The first-order valence-electron chi connectivity index (χ1n) is 7.77. The molecule has 3 N–H and O–H groups in total. The SMILES string of the molecule is NC(=O)c1ccc(NC(=O)c2ccc(-c3nc4ccccc4s3)o2)cc1. The van der Waals surface area contributed by atoms with Crippen LogP contribution in [0.1, 0.15) is 20.9 Å². The van der Waals surface area contributed by atoms with E-state index in [0.717, 1.165) is 15.2 Å². The monoisotopic (exact) mass is 363 g/mol. The zero-order chi connectivity index (χ0) is 18.1. The van der Waals surface area contributed by atoms with Gasteiger partial charge in [0, 0.05) is 11.3 Å². The highest BCUT2D eigenvalue weighted by Gasteiger charge is 2.15. The zero-order valence-electron chi connectivity index (χ0n) is 13.4. The summed E-state index contributed by atoms with van der Waals surface area (Å²) in [4.78, 5) is 27.9. The lowest BCUT2D eigenvalue weighted by molar-refractivity contribution is 0.0992. The van der Waals surface area contributed by atoms with E-state index in [-0.39, 0.29) is 11.7 Å². The van der Waals surface area contributed by atoms with Crippen molar-refractivity contribution in [3.63, 3.8) is 0 Å². The summed E-state index contributed by atoms with van der Waals surface area (Å²) in [5.41, 5.74) is 7.00. The minimum absolute atomic E-state index is 0.179. The third-order valence-corrected chi connectivity index (χ3v) is 4.81. The molecule has 0 radical (unpaired) electrons. The summed E-state index contributed by atoms with van der Waals surface area (Å²) in [7, 11) is 0. The van der Waals surface area contributed by atoms with Gasteiger partial charge in [-0.2, -0.15) is 0 Å². The molecular weight excluding hydrogens is 350 g/mol. The maximum atomic E-state index is 12.3. The first-order valence-corrected chi connectivity index (χ1v) is 8.59. The standard InChI is InChI=1S/C19H13N3O3S/c20-17(23)11-5-7-12(8-6-11)21-18(24)14-9-10-15(25-14)19-22-13-3-1-2-4-16(13)26-19/h1-10H,(H2,20,23)(H,21,24). The topological polar surface area (TPSA) is 98.2 Å². The number of carbonyl (C=O) groups is 2. The normalized spacial score (nSPS) is 10.8. The van der Waals surface area contributed by atoms with Crippen LogP contribution in [0.3, 0.4) is 0 Å². The van der Waals surface area contributed by atoms with Gasteiger partial charge in [-0.05, 0) is 48.5 Å².